The quantitative estimate of drug-likeness (QED) is 0.884. The third kappa shape index (κ3) is 3.92. The topological polar surface area (TPSA) is 29.1 Å². The minimum Gasteiger partial charge on any atom is -0.354 e. The van der Waals surface area contributed by atoms with E-state index in [0.29, 0.717) is 0 Å². The van der Waals surface area contributed by atoms with E-state index in [1.54, 1.807) is 0 Å². The lowest BCUT2D eigenvalue weighted by molar-refractivity contribution is -0.119. The molecule has 0 saturated heterocycles. The Morgan fingerprint density at radius 1 is 1.57 bits per heavy atom. The standard InChI is InChI=1S/C11H14BrNO/c1-8(13-9(2)14)6-10-4-3-5-11(12)7-10/h3-5,7-8H,6H2,1-2H3,(H,13,14)/t8-/m0/s1. The van der Waals surface area contributed by atoms with E-state index in [2.05, 4.69) is 33.4 Å². The van der Waals surface area contributed by atoms with Gasteiger partial charge in [0.25, 0.3) is 0 Å². The minimum atomic E-state index is 0.0208. The van der Waals surface area contributed by atoms with Gasteiger partial charge >= 0.3 is 0 Å². The van der Waals surface area contributed by atoms with Crippen LogP contribution in [-0.2, 0) is 11.2 Å². The molecule has 2 nitrogen and oxygen atoms in total. The molecule has 0 fully saturated rings. The highest BCUT2D eigenvalue weighted by Gasteiger charge is 2.04. The van der Waals surface area contributed by atoms with Gasteiger partial charge in [0, 0.05) is 17.4 Å². The summed E-state index contributed by atoms with van der Waals surface area (Å²) in [6.45, 7) is 3.54. The van der Waals surface area contributed by atoms with Crippen LogP contribution in [-0.4, -0.2) is 11.9 Å². The molecule has 0 unspecified atom stereocenters. The van der Waals surface area contributed by atoms with Gasteiger partial charge in [-0.15, -0.1) is 0 Å². The summed E-state index contributed by atoms with van der Waals surface area (Å²) in [6, 6.07) is 8.30. The Morgan fingerprint density at radius 3 is 2.86 bits per heavy atom. The zero-order chi connectivity index (χ0) is 10.6. The van der Waals surface area contributed by atoms with Crippen LogP contribution in [0.15, 0.2) is 28.7 Å². The average Bonchev–Trinajstić information content (AvgIpc) is 2.01. The van der Waals surface area contributed by atoms with Gasteiger partial charge in [0.2, 0.25) is 5.91 Å². The van der Waals surface area contributed by atoms with Crippen molar-refractivity contribution in [2.75, 3.05) is 0 Å². The largest absolute Gasteiger partial charge is 0.354 e. The minimum absolute atomic E-state index is 0.0208. The number of carbonyl (C=O) groups is 1. The van der Waals surface area contributed by atoms with Crippen molar-refractivity contribution in [1.82, 2.24) is 5.32 Å². The number of rotatable bonds is 3. The molecular weight excluding hydrogens is 242 g/mol. The number of carbonyl (C=O) groups excluding carboxylic acids is 1. The van der Waals surface area contributed by atoms with Gasteiger partial charge in [-0.1, -0.05) is 28.1 Å². The lowest BCUT2D eigenvalue weighted by Gasteiger charge is -2.12. The summed E-state index contributed by atoms with van der Waals surface area (Å²) in [4.78, 5) is 10.8. The fraction of sp³-hybridized carbons (Fsp3) is 0.364. The van der Waals surface area contributed by atoms with E-state index in [4.69, 9.17) is 0 Å². The Labute approximate surface area is 92.8 Å². The SMILES string of the molecule is CC(=O)N[C@@H](C)Cc1cccc(Br)c1. The highest BCUT2D eigenvalue weighted by Crippen LogP contribution is 2.12. The molecule has 14 heavy (non-hydrogen) atoms. The third-order valence-electron chi connectivity index (χ3n) is 1.88. The molecule has 76 valence electrons. The normalized spacial score (nSPS) is 12.2. The molecule has 3 heteroatoms. The van der Waals surface area contributed by atoms with Gasteiger partial charge in [-0.2, -0.15) is 0 Å². The van der Waals surface area contributed by atoms with Crippen LogP contribution < -0.4 is 5.32 Å². The van der Waals surface area contributed by atoms with Gasteiger partial charge in [-0.05, 0) is 31.0 Å². The van der Waals surface area contributed by atoms with Gasteiger partial charge in [0.05, 0.1) is 0 Å². The van der Waals surface area contributed by atoms with Crippen molar-refractivity contribution in [3.63, 3.8) is 0 Å². The van der Waals surface area contributed by atoms with E-state index in [1.165, 1.54) is 12.5 Å². The Bertz CT molecular complexity index is 325. The van der Waals surface area contributed by atoms with Gasteiger partial charge in [0.15, 0.2) is 0 Å². The molecule has 0 heterocycles. The summed E-state index contributed by atoms with van der Waals surface area (Å²) in [5.41, 5.74) is 1.22. The molecule has 0 radical (unpaired) electrons. The van der Waals surface area contributed by atoms with Crippen LogP contribution in [0, 0.1) is 0 Å². The van der Waals surface area contributed by atoms with E-state index in [-0.39, 0.29) is 11.9 Å². The molecule has 1 atom stereocenters. The fourth-order valence-corrected chi connectivity index (χ4v) is 1.86. The number of hydrogen-bond acceptors (Lipinski definition) is 1. The maximum Gasteiger partial charge on any atom is 0.217 e. The summed E-state index contributed by atoms with van der Waals surface area (Å²) in [6.07, 6.45) is 0.860. The molecule has 0 aliphatic rings. The molecule has 1 amide bonds. The van der Waals surface area contributed by atoms with E-state index < -0.39 is 0 Å². The summed E-state index contributed by atoms with van der Waals surface area (Å²) in [5, 5.41) is 2.86. The maximum absolute atomic E-state index is 10.8. The van der Waals surface area contributed by atoms with Crippen molar-refractivity contribution < 1.29 is 4.79 Å². The Morgan fingerprint density at radius 2 is 2.29 bits per heavy atom. The second-order valence-electron chi connectivity index (χ2n) is 3.44. The predicted octanol–water partition coefficient (Wildman–Crippen LogP) is 2.52. The van der Waals surface area contributed by atoms with Crippen LogP contribution in [0.2, 0.25) is 0 Å². The van der Waals surface area contributed by atoms with Crippen molar-refractivity contribution in [3.05, 3.63) is 34.3 Å². The van der Waals surface area contributed by atoms with Gasteiger partial charge < -0.3 is 5.32 Å². The summed E-state index contributed by atoms with van der Waals surface area (Å²) in [7, 11) is 0. The first-order valence-corrected chi connectivity index (χ1v) is 5.39. The summed E-state index contributed by atoms with van der Waals surface area (Å²) < 4.78 is 1.07. The zero-order valence-corrected chi connectivity index (χ0v) is 9.97. The highest BCUT2D eigenvalue weighted by atomic mass is 79.9. The molecule has 0 aliphatic carbocycles. The Kier molecular flexibility index (Phi) is 4.14. The second kappa shape index (κ2) is 5.15. The third-order valence-corrected chi connectivity index (χ3v) is 2.37. The number of halogens is 1. The van der Waals surface area contributed by atoms with E-state index in [0.717, 1.165) is 10.9 Å². The first-order chi connectivity index (χ1) is 6.58. The number of benzene rings is 1. The van der Waals surface area contributed by atoms with Crippen molar-refractivity contribution in [2.24, 2.45) is 0 Å². The summed E-state index contributed by atoms with van der Waals surface area (Å²) in [5.74, 6) is 0.0208. The highest BCUT2D eigenvalue weighted by molar-refractivity contribution is 9.10. The maximum atomic E-state index is 10.8. The monoisotopic (exact) mass is 255 g/mol. The van der Waals surface area contributed by atoms with Crippen molar-refractivity contribution in [2.45, 2.75) is 26.3 Å². The van der Waals surface area contributed by atoms with Gasteiger partial charge in [0.1, 0.15) is 0 Å². The van der Waals surface area contributed by atoms with Gasteiger partial charge in [-0.25, -0.2) is 0 Å². The van der Waals surface area contributed by atoms with Crippen molar-refractivity contribution in [3.8, 4) is 0 Å². The molecule has 1 rings (SSSR count). The number of amides is 1. The molecule has 0 bridgehead atoms. The second-order valence-corrected chi connectivity index (χ2v) is 4.35. The van der Waals surface area contributed by atoms with E-state index >= 15 is 0 Å². The number of nitrogens with one attached hydrogen (secondary N) is 1. The van der Waals surface area contributed by atoms with Crippen LogP contribution in [0.3, 0.4) is 0 Å². The molecule has 0 spiro atoms. The predicted molar refractivity (Wildman–Crippen MR) is 61.1 cm³/mol. The average molecular weight is 256 g/mol. The zero-order valence-electron chi connectivity index (χ0n) is 8.38. The van der Waals surface area contributed by atoms with Crippen LogP contribution in [0.5, 0.6) is 0 Å². The smallest absolute Gasteiger partial charge is 0.217 e. The molecule has 0 saturated carbocycles. The fourth-order valence-electron chi connectivity index (χ4n) is 1.42. The number of hydrogen-bond donors (Lipinski definition) is 1. The lowest BCUT2D eigenvalue weighted by Crippen LogP contribution is -2.31. The first kappa shape index (κ1) is 11.2. The van der Waals surface area contributed by atoms with E-state index in [9.17, 15) is 4.79 Å². The van der Waals surface area contributed by atoms with Crippen LogP contribution in [0.4, 0.5) is 0 Å². The van der Waals surface area contributed by atoms with Crippen molar-refractivity contribution in [1.29, 1.82) is 0 Å². The lowest BCUT2D eigenvalue weighted by atomic mass is 10.1. The van der Waals surface area contributed by atoms with Crippen LogP contribution in [0.25, 0.3) is 0 Å². The van der Waals surface area contributed by atoms with Crippen molar-refractivity contribution >= 4 is 21.8 Å². The molecule has 0 aromatic heterocycles. The molecule has 1 N–H and O–H groups in total. The van der Waals surface area contributed by atoms with E-state index in [1.807, 2.05) is 19.1 Å². The van der Waals surface area contributed by atoms with Crippen LogP contribution in [0.1, 0.15) is 19.4 Å². The molecular formula is C11H14BrNO. The Hall–Kier alpha value is -0.830. The molecule has 1 aromatic rings. The molecule has 0 aliphatic heterocycles. The first-order valence-electron chi connectivity index (χ1n) is 4.59. The Balaban J connectivity index is 2.55. The van der Waals surface area contributed by atoms with Crippen LogP contribution >= 0.6 is 15.9 Å². The molecule has 1 aromatic carbocycles. The van der Waals surface area contributed by atoms with Gasteiger partial charge in [-0.3, -0.25) is 4.79 Å². The summed E-state index contributed by atoms with van der Waals surface area (Å²) >= 11 is 3.42.